The Hall–Kier alpha value is -1.26. The molecule has 0 bridgehead atoms. The summed E-state index contributed by atoms with van der Waals surface area (Å²) in [5.74, 6) is -0.204. The second kappa shape index (κ2) is 7.75. The molecule has 1 saturated heterocycles. The van der Waals surface area contributed by atoms with Crippen molar-refractivity contribution >= 4 is 38.6 Å². The summed E-state index contributed by atoms with van der Waals surface area (Å²) in [6.45, 7) is 3.08. The van der Waals surface area contributed by atoms with Gasteiger partial charge in [-0.25, -0.2) is 13.1 Å². The maximum atomic E-state index is 12.7. The van der Waals surface area contributed by atoms with Gasteiger partial charge in [0.25, 0.3) is 5.91 Å². The van der Waals surface area contributed by atoms with E-state index in [2.05, 4.69) is 10.0 Å². The molecule has 3 rings (SSSR count). The molecular weight excluding hydrogens is 366 g/mol. The van der Waals surface area contributed by atoms with Crippen LogP contribution < -0.4 is 10.0 Å². The summed E-state index contributed by atoms with van der Waals surface area (Å²) in [4.78, 5) is 15.8. The highest BCUT2D eigenvalue weighted by Crippen LogP contribution is 2.24. The minimum absolute atomic E-state index is 0.0752. The van der Waals surface area contributed by atoms with Gasteiger partial charge in [-0.15, -0.1) is 22.7 Å². The Labute approximate surface area is 149 Å². The van der Waals surface area contributed by atoms with Gasteiger partial charge in [-0.3, -0.25) is 4.79 Å². The van der Waals surface area contributed by atoms with Crippen molar-refractivity contribution < 1.29 is 13.2 Å². The highest BCUT2D eigenvalue weighted by molar-refractivity contribution is 7.89. The third-order valence-corrected chi connectivity index (χ3v) is 7.11. The minimum Gasteiger partial charge on any atom is -0.337 e. The second-order valence-electron chi connectivity index (χ2n) is 5.41. The van der Waals surface area contributed by atoms with Crippen molar-refractivity contribution in [3.63, 3.8) is 0 Å². The summed E-state index contributed by atoms with van der Waals surface area (Å²) in [5, 5.41) is 6.79. The topological polar surface area (TPSA) is 78.5 Å². The van der Waals surface area contributed by atoms with Crippen molar-refractivity contribution in [2.45, 2.75) is 17.9 Å². The molecule has 0 atom stereocenters. The van der Waals surface area contributed by atoms with Crippen molar-refractivity contribution in [3.05, 3.63) is 38.7 Å². The second-order valence-corrected chi connectivity index (χ2v) is 9.10. The smallest absolute Gasteiger partial charge is 0.265 e. The Morgan fingerprint density at radius 3 is 2.88 bits per heavy atom. The van der Waals surface area contributed by atoms with E-state index >= 15 is 0 Å². The van der Waals surface area contributed by atoms with Crippen molar-refractivity contribution in [2.24, 2.45) is 0 Å². The zero-order valence-electron chi connectivity index (χ0n) is 13.0. The fourth-order valence-corrected chi connectivity index (χ4v) is 5.64. The number of nitrogens with zero attached hydrogens (tertiary/aromatic N) is 1. The summed E-state index contributed by atoms with van der Waals surface area (Å²) >= 11 is 2.67. The van der Waals surface area contributed by atoms with Gasteiger partial charge in [-0.1, -0.05) is 6.07 Å². The van der Waals surface area contributed by atoms with Gasteiger partial charge < -0.3 is 10.2 Å². The van der Waals surface area contributed by atoms with Crippen molar-refractivity contribution in [1.29, 1.82) is 0 Å². The molecule has 0 aliphatic carbocycles. The first-order valence-corrected chi connectivity index (χ1v) is 10.9. The zero-order valence-corrected chi connectivity index (χ0v) is 15.5. The van der Waals surface area contributed by atoms with Crippen LogP contribution in [0.3, 0.4) is 0 Å². The lowest BCUT2D eigenvalue weighted by Crippen LogP contribution is -2.35. The first-order chi connectivity index (χ1) is 11.6. The number of hydrogen-bond acceptors (Lipinski definition) is 6. The molecule has 0 spiro atoms. The molecule has 6 nitrogen and oxygen atoms in total. The largest absolute Gasteiger partial charge is 0.337 e. The maximum Gasteiger partial charge on any atom is 0.265 e. The highest BCUT2D eigenvalue weighted by atomic mass is 32.2. The lowest BCUT2D eigenvalue weighted by atomic mass is 10.3. The Bertz CT molecular complexity index is 776. The van der Waals surface area contributed by atoms with E-state index in [-0.39, 0.29) is 22.2 Å². The molecule has 0 saturated carbocycles. The Kier molecular flexibility index (Phi) is 5.67. The van der Waals surface area contributed by atoms with Crippen LogP contribution in [0.1, 0.15) is 21.0 Å². The molecule has 0 radical (unpaired) electrons. The summed E-state index contributed by atoms with van der Waals surface area (Å²) in [6.07, 6.45) is 0.871. The van der Waals surface area contributed by atoms with Gasteiger partial charge in [-0.05, 0) is 35.9 Å². The van der Waals surface area contributed by atoms with Crippen LogP contribution in [-0.4, -0.2) is 45.4 Å². The van der Waals surface area contributed by atoms with E-state index in [1.54, 1.807) is 10.3 Å². The molecule has 1 amide bonds. The zero-order chi connectivity index (χ0) is 17.0. The number of carbonyl (C=O) groups is 1. The molecule has 1 aliphatic rings. The van der Waals surface area contributed by atoms with E-state index in [0.29, 0.717) is 13.1 Å². The molecule has 2 aromatic heterocycles. The molecule has 2 aromatic rings. The van der Waals surface area contributed by atoms with Gasteiger partial charge in [0, 0.05) is 31.1 Å². The van der Waals surface area contributed by atoms with Gasteiger partial charge in [0.05, 0.1) is 0 Å². The third kappa shape index (κ3) is 4.04. The minimum atomic E-state index is -3.71. The molecule has 2 N–H and O–H groups in total. The van der Waals surface area contributed by atoms with Crippen LogP contribution in [0.15, 0.2) is 33.9 Å². The molecule has 9 heteroatoms. The average Bonchev–Trinajstić information content (AvgIpc) is 3.19. The molecule has 3 heterocycles. The average molecular weight is 386 g/mol. The predicted molar refractivity (Wildman–Crippen MR) is 96.1 cm³/mol. The van der Waals surface area contributed by atoms with Crippen LogP contribution >= 0.6 is 22.7 Å². The Morgan fingerprint density at radius 1 is 1.21 bits per heavy atom. The van der Waals surface area contributed by atoms with E-state index in [0.717, 1.165) is 24.4 Å². The lowest BCUT2D eigenvalue weighted by Gasteiger charge is -2.19. The number of carbonyl (C=O) groups excluding carboxylic acids is 1. The number of nitrogens with one attached hydrogen (secondary N) is 2. The van der Waals surface area contributed by atoms with E-state index in [1.165, 1.54) is 28.7 Å². The van der Waals surface area contributed by atoms with Crippen LogP contribution in [0, 0.1) is 0 Å². The monoisotopic (exact) mass is 385 g/mol. The van der Waals surface area contributed by atoms with E-state index in [1.807, 2.05) is 17.5 Å². The first-order valence-electron chi connectivity index (χ1n) is 7.67. The summed E-state index contributed by atoms with van der Waals surface area (Å²) in [5.41, 5.74) is 0. The van der Waals surface area contributed by atoms with Gasteiger partial charge in [-0.2, -0.15) is 0 Å². The predicted octanol–water partition coefficient (Wildman–Crippen LogP) is 1.72. The molecule has 1 aliphatic heterocycles. The quantitative estimate of drug-likeness (QED) is 0.822. The molecule has 1 fully saturated rings. The highest BCUT2D eigenvalue weighted by Gasteiger charge is 2.27. The standard InChI is InChI=1S/C15H19N3O3S3/c19-15(18-7-2-5-16-6-8-18)14-13(4-10-23-14)24(20,21)17-11-12-3-1-9-22-12/h1,3-4,9-10,16-17H,2,5-8,11H2. The molecule has 24 heavy (non-hydrogen) atoms. The lowest BCUT2D eigenvalue weighted by molar-refractivity contribution is 0.0767. The fraction of sp³-hybridized carbons (Fsp3) is 0.400. The van der Waals surface area contributed by atoms with Crippen LogP contribution in [0.2, 0.25) is 0 Å². The summed E-state index contributed by atoms with van der Waals surface area (Å²) in [7, 11) is -3.71. The SMILES string of the molecule is O=C(c1sccc1S(=O)(=O)NCc1cccs1)N1CCCNCC1. The van der Waals surface area contributed by atoms with Gasteiger partial charge >= 0.3 is 0 Å². The fourth-order valence-electron chi connectivity index (χ4n) is 2.51. The number of rotatable bonds is 5. The van der Waals surface area contributed by atoms with Gasteiger partial charge in [0.1, 0.15) is 9.77 Å². The van der Waals surface area contributed by atoms with E-state index in [9.17, 15) is 13.2 Å². The van der Waals surface area contributed by atoms with Crippen molar-refractivity contribution in [1.82, 2.24) is 14.9 Å². The Balaban J connectivity index is 1.77. The number of amides is 1. The van der Waals surface area contributed by atoms with Crippen LogP contribution in [-0.2, 0) is 16.6 Å². The van der Waals surface area contributed by atoms with E-state index in [4.69, 9.17) is 0 Å². The van der Waals surface area contributed by atoms with Crippen molar-refractivity contribution in [3.8, 4) is 0 Å². The molecule has 0 aromatic carbocycles. The van der Waals surface area contributed by atoms with E-state index < -0.39 is 10.0 Å². The Morgan fingerprint density at radius 2 is 2.08 bits per heavy atom. The number of sulfonamides is 1. The third-order valence-electron chi connectivity index (χ3n) is 3.76. The maximum absolute atomic E-state index is 12.7. The van der Waals surface area contributed by atoms with Crippen molar-refractivity contribution in [2.75, 3.05) is 26.2 Å². The summed E-state index contributed by atoms with van der Waals surface area (Å²) in [6, 6.07) is 5.25. The normalized spacial score (nSPS) is 16.1. The first kappa shape index (κ1) is 17.6. The summed E-state index contributed by atoms with van der Waals surface area (Å²) < 4.78 is 27.7. The molecular formula is C15H19N3O3S3. The molecule has 0 unspecified atom stereocenters. The molecule has 130 valence electrons. The van der Waals surface area contributed by atoms with Crippen LogP contribution in [0.5, 0.6) is 0 Å². The van der Waals surface area contributed by atoms with Crippen LogP contribution in [0.4, 0.5) is 0 Å². The number of hydrogen-bond donors (Lipinski definition) is 2. The number of thiophene rings is 2. The van der Waals surface area contributed by atoms with Gasteiger partial charge in [0.2, 0.25) is 10.0 Å². The van der Waals surface area contributed by atoms with Gasteiger partial charge in [0.15, 0.2) is 0 Å². The van der Waals surface area contributed by atoms with Crippen LogP contribution in [0.25, 0.3) is 0 Å².